The Morgan fingerprint density at radius 3 is 2.28 bits per heavy atom. The number of methoxy groups -OCH3 is 1. The molecule has 1 heterocycles. The zero-order valence-electron chi connectivity index (χ0n) is 14.2. The molecule has 0 atom stereocenters. The van der Waals surface area contributed by atoms with Crippen molar-refractivity contribution in [2.45, 2.75) is 0 Å². The van der Waals surface area contributed by atoms with Crippen molar-refractivity contribution in [1.82, 2.24) is 9.21 Å². The summed E-state index contributed by atoms with van der Waals surface area (Å²) in [6, 6.07) is 6.44. The number of urea groups is 1. The Labute approximate surface area is 147 Å². The highest BCUT2D eigenvalue weighted by atomic mass is 32.2. The van der Waals surface area contributed by atoms with Crippen molar-refractivity contribution in [3.63, 3.8) is 0 Å². The van der Waals surface area contributed by atoms with Gasteiger partial charge in [0, 0.05) is 44.7 Å². The van der Waals surface area contributed by atoms with E-state index in [0.29, 0.717) is 24.5 Å². The van der Waals surface area contributed by atoms with Crippen LogP contribution in [0.3, 0.4) is 0 Å². The van der Waals surface area contributed by atoms with Crippen molar-refractivity contribution in [2.75, 3.05) is 56.8 Å². The van der Waals surface area contributed by atoms with Crippen LogP contribution in [0.5, 0.6) is 0 Å². The molecule has 0 radical (unpaired) electrons. The number of nitrogens with one attached hydrogen (secondary N) is 2. The number of ether oxygens (including phenoxy) is 1. The highest BCUT2D eigenvalue weighted by Crippen LogP contribution is 2.16. The molecule has 1 aliphatic heterocycles. The topological polar surface area (TPSA) is 108 Å². The Kier molecular flexibility index (Phi) is 6.34. The molecule has 10 heteroatoms. The van der Waals surface area contributed by atoms with E-state index in [0.717, 1.165) is 6.26 Å². The number of piperazine rings is 1. The molecule has 1 aromatic carbocycles. The Balaban J connectivity index is 1.92. The average Bonchev–Trinajstić information content (AvgIpc) is 2.54. The molecule has 0 spiro atoms. The van der Waals surface area contributed by atoms with E-state index in [1.54, 1.807) is 29.2 Å². The molecule has 1 aromatic rings. The van der Waals surface area contributed by atoms with Crippen molar-refractivity contribution in [3.05, 3.63) is 24.3 Å². The van der Waals surface area contributed by atoms with Crippen molar-refractivity contribution in [3.8, 4) is 0 Å². The molecular weight excluding hydrogens is 348 g/mol. The van der Waals surface area contributed by atoms with E-state index >= 15 is 0 Å². The number of hydrogen-bond acceptors (Lipinski definition) is 5. The van der Waals surface area contributed by atoms with E-state index in [4.69, 9.17) is 4.74 Å². The Morgan fingerprint density at radius 2 is 1.72 bits per heavy atom. The second-order valence-electron chi connectivity index (χ2n) is 5.64. The summed E-state index contributed by atoms with van der Waals surface area (Å²) in [4.78, 5) is 25.4. The largest absolute Gasteiger partial charge is 0.375 e. The Bertz CT molecular complexity index is 729. The van der Waals surface area contributed by atoms with Crippen molar-refractivity contribution < 1.29 is 22.7 Å². The summed E-state index contributed by atoms with van der Waals surface area (Å²) < 4.78 is 29.1. The van der Waals surface area contributed by atoms with E-state index in [2.05, 4.69) is 10.6 Å². The molecular formula is C15H22N4O5S. The maximum atomic E-state index is 12.3. The van der Waals surface area contributed by atoms with Gasteiger partial charge in [0.15, 0.2) is 0 Å². The number of carbonyl (C=O) groups excluding carboxylic acids is 2. The number of amides is 3. The number of carbonyl (C=O) groups is 2. The first kappa shape index (κ1) is 19.2. The summed E-state index contributed by atoms with van der Waals surface area (Å²) >= 11 is 0. The predicted molar refractivity (Wildman–Crippen MR) is 94.0 cm³/mol. The van der Waals surface area contributed by atoms with Crippen LogP contribution in [-0.4, -0.2) is 75.7 Å². The van der Waals surface area contributed by atoms with Crippen LogP contribution in [0.15, 0.2) is 24.3 Å². The minimum Gasteiger partial charge on any atom is -0.375 e. The van der Waals surface area contributed by atoms with Gasteiger partial charge in [-0.3, -0.25) is 4.79 Å². The van der Waals surface area contributed by atoms with E-state index in [9.17, 15) is 18.0 Å². The second-order valence-corrected chi connectivity index (χ2v) is 7.62. The molecule has 9 nitrogen and oxygen atoms in total. The van der Waals surface area contributed by atoms with Crippen LogP contribution >= 0.6 is 0 Å². The highest BCUT2D eigenvalue weighted by molar-refractivity contribution is 7.88. The minimum atomic E-state index is -3.23. The van der Waals surface area contributed by atoms with Crippen LogP contribution in [0.2, 0.25) is 0 Å². The average molecular weight is 370 g/mol. The van der Waals surface area contributed by atoms with E-state index in [-0.39, 0.29) is 31.6 Å². The number of hydrogen-bond donors (Lipinski definition) is 2. The normalized spacial score (nSPS) is 15.7. The molecule has 0 unspecified atom stereocenters. The van der Waals surface area contributed by atoms with Gasteiger partial charge in [-0.15, -0.1) is 0 Å². The van der Waals surface area contributed by atoms with Gasteiger partial charge < -0.3 is 20.3 Å². The molecule has 25 heavy (non-hydrogen) atoms. The van der Waals surface area contributed by atoms with E-state index in [1.807, 2.05) is 0 Å². The first-order valence-electron chi connectivity index (χ1n) is 7.69. The van der Waals surface area contributed by atoms with Gasteiger partial charge in [-0.2, -0.15) is 4.31 Å². The molecule has 3 amide bonds. The van der Waals surface area contributed by atoms with Crippen molar-refractivity contribution in [2.24, 2.45) is 0 Å². The number of benzene rings is 1. The second kappa shape index (κ2) is 8.28. The molecule has 0 aromatic heterocycles. The highest BCUT2D eigenvalue weighted by Gasteiger charge is 2.26. The van der Waals surface area contributed by atoms with Gasteiger partial charge in [-0.05, 0) is 18.2 Å². The standard InChI is InChI=1S/C15H22N4O5S/c1-24-11-14(20)16-12-4-3-5-13(10-12)17-15(21)18-6-8-19(9-7-18)25(2,22)23/h3-5,10H,6-9,11H2,1-2H3,(H,16,20)(H,17,21). The summed E-state index contributed by atoms with van der Waals surface area (Å²) in [5.74, 6) is -0.289. The number of anilines is 2. The van der Waals surface area contributed by atoms with E-state index < -0.39 is 10.0 Å². The number of rotatable bonds is 5. The van der Waals surface area contributed by atoms with Crippen LogP contribution in [0, 0.1) is 0 Å². The third kappa shape index (κ3) is 5.69. The molecule has 2 rings (SSSR count). The first-order chi connectivity index (χ1) is 11.8. The maximum absolute atomic E-state index is 12.3. The lowest BCUT2D eigenvalue weighted by Crippen LogP contribution is -2.51. The Hall–Kier alpha value is -2.17. The first-order valence-corrected chi connectivity index (χ1v) is 9.54. The fraction of sp³-hybridized carbons (Fsp3) is 0.467. The molecule has 0 saturated carbocycles. The zero-order valence-corrected chi connectivity index (χ0v) is 15.0. The van der Waals surface area contributed by atoms with Crippen LogP contribution < -0.4 is 10.6 Å². The van der Waals surface area contributed by atoms with Gasteiger partial charge >= 0.3 is 6.03 Å². The third-order valence-corrected chi connectivity index (χ3v) is 4.97. The number of sulfonamides is 1. The smallest absolute Gasteiger partial charge is 0.321 e. The van der Waals surface area contributed by atoms with Crippen molar-refractivity contribution in [1.29, 1.82) is 0 Å². The van der Waals surface area contributed by atoms with Crippen LogP contribution in [0.25, 0.3) is 0 Å². The monoisotopic (exact) mass is 370 g/mol. The van der Waals surface area contributed by atoms with Crippen LogP contribution in [0.1, 0.15) is 0 Å². The Morgan fingerprint density at radius 1 is 1.12 bits per heavy atom. The van der Waals surface area contributed by atoms with Crippen LogP contribution in [-0.2, 0) is 19.6 Å². The lowest BCUT2D eigenvalue weighted by molar-refractivity contribution is -0.119. The molecule has 0 bridgehead atoms. The molecule has 2 N–H and O–H groups in total. The van der Waals surface area contributed by atoms with Gasteiger partial charge in [0.1, 0.15) is 6.61 Å². The number of nitrogens with zero attached hydrogens (tertiary/aromatic N) is 2. The summed E-state index contributed by atoms with van der Waals surface area (Å²) in [6.45, 7) is 1.15. The predicted octanol–water partition coefficient (Wildman–Crippen LogP) is 0.381. The SMILES string of the molecule is COCC(=O)Nc1cccc(NC(=O)N2CCN(S(C)(=O)=O)CC2)c1. The van der Waals surface area contributed by atoms with Gasteiger partial charge in [-0.1, -0.05) is 6.07 Å². The summed E-state index contributed by atoms with van der Waals surface area (Å²) in [7, 11) is -1.80. The third-order valence-electron chi connectivity index (χ3n) is 3.67. The van der Waals surface area contributed by atoms with Gasteiger partial charge in [-0.25, -0.2) is 13.2 Å². The lowest BCUT2D eigenvalue weighted by atomic mass is 10.2. The van der Waals surface area contributed by atoms with Crippen molar-refractivity contribution >= 4 is 33.3 Å². The van der Waals surface area contributed by atoms with E-state index in [1.165, 1.54) is 11.4 Å². The molecule has 138 valence electrons. The quantitative estimate of drug-likeness (QED) is 0.779. The summed E-state index contributed by atoms with van der Waals surface area (Å²) in [6.07, 6.45) is 1.16. The summed E-state index contributed by atoms with van der Waals surface area (Å²) in [5, 5.41) is 5.40. The zero-order chi connectivity index (χ0) is 18.4. The molecule has 0 aliphatic carbocycles. The fourth-order valence-corrected chi connectivity index (χ4v) is 3.25. The van der Waals surface area contributed by atoms with Gasteiger partial charge in [0.2, 0.25) is 15.9 Å². The summed E-state index contributed by atoms with van der Waals surface area (Å²) in [5.41, 5.74) is 1.08. The molecule has 1 aliphatic rings. The fourth-order valence-electron chi connectivity index (χ4n) is 2.43. The molecule has 1 fully saturated rings. The van der Waals surface area contributed by atoms with Gasteiger partial charge in [0.05, 0.1) is 6.26 Å². The lowest BCUT2D eigenvalue weighted by Gasteiger charge is -2.33. The van der Waals surface area contributed by atoms with Gasteiger partial charge in [0.25, 0.3) is 0 Å². The minimum absolute atomic E-state index is 0.0544. The van der Waals surface area contributed by atoms with Crippen LogP contribution in [0.4, 0.5) is 16.2 Å². The molecule has 1 saturated heterocycles. The maximum Gasteiger partial charge on any atom is 0.321 e.